The normalized spacial score (nSPS) is 11.1. The van der Waals surface area contributed by atoms with E-state index in [1.54, 1.807) is 6.07 Å². The summed E-state index contributed by atoms with van der Waals surface area (Å²) in [7, 11) is 0. The number of unbranched alkanes of at least 4 members (excludes halogenated alkanes) is 3. The molecule has 0 aliphatic rings. The van der Waals surface area contributed by atoms with E-state index >= 15 is 0 Å². The molecule has 0 unspecified atom stereocenters. The number of carbonyl (C=O) groups is 1. The summed E-state index contributed by atoms with van der Waals surface area (Å²) in [6, 6.07) is 4.53. The summed E-state index contributed by atoms with van der Waals surface area (Å²) in [6.45, 7) is -0.352. The standard InChI is InChI=1S/C15H19FN2O2/c16-11-7-8-13-14(9-11)18-15(17-13)6-4-2-1-3-5-12(20)10-19/h7-9,19H,1-6,10H2,(H,17,18). The van der Waals surface area contributed by atoms with Gasteiger partial charge in [-0.05, 0) is 31.0 Å². The number of hydrogen-bond acceptors (Lipinski definition) is 3. The van der Waals surface area contributed by atoms with Gasteiger partial charge in [-0.15, -0.1) is 0 Å². The average molecular weight is 278 g/mol. The molecule has 1 aromatic carbocycles. The van der Waals surface area contributed by atoms with Gasteiger partial charge in [0.25, 0.3) is 0 Å². The lowest BCUT2D eigenvalue weighted by Crippen LogP contribution is -2.02. The van der Waals surface area contributed by atoms with Crippen LogP contribution in [0.25, 0.3) is 11.0 Å². The molecule has 0 amide bonds. The number of aliphatic hydroxyl groups excluding tert-OH is 1. The summed E-state index contributed by atoms with van der Waals surface area (Å²) in [4.78, 5) is 18.4. The van der Waals surface area contributed by atoms with E-state index in [1.165, 1.54) is 12.1 Å². The van der Waals surface area contributed by atoms with Gasteiger partial charge < -0.3 is 10.1 Å². The SMILES string of the molecule is O=C(CO)CCCCCCc1nc2ccc(F)cc2[nH]1. The zero-order valence-corrected chi connectivity index (χ0v) is 11.4. The molecule has 2 rings (SSSR count). The number of ketones is 1. The monoisotopic (exact) mass is 278 g/mol. The van der Waals surface area contributed by atoms with Gasteiger partial charge in [-0.1, -0.05) is 12.8 Å². The van der Waals surface area contributed by atoms with Crippen LogP contribution < -0.4 is 0 Å². The molecule has 0 bridgehead atoms. The van der Waals surface area contributed by atoms with Gasteiger partial charge in [0.05, 0.1) is 11.0 Å². The quantitative estimate of drug-likeness (QED) is 0.730. The molecule has 108 valence electrons. The number of hydrogen-bond donors (Lipinski definition) is 2. The van der Waals surface area contributed by atoms with E-state index in [9.17, 15) is 9.18 Å². The minimum Gasteiger partial charge on any atom is -0.389 e. The predicted octanol–water partition coefficient (Wildman–Crippen LogP) is 2.76. The van der Waals surface area contributed by atoms with E-state index in [-0.39, 0.29) is 18.2 Å². The lowest BCUT2D eigenvalue weighted by atomic mass is 10.1. The van der Waals surface area contributed by atoms with Crippen molar-refractivity contribution in [3.63, 3.8) is 0 Å². The number of aromatic nitrogens is 2. The van der Waals surface area contributed by atoms with Gasteiger partial charge in [0, 0.05) is 12.8 Å². The number of halogens is 1. The summed E-state index contributed by atoms with van der Waals surface area (Å²) in [5, 5.41) is 8.59. The number of imidazole rings is 1. The number of aliphatic hydroxyl groups is 1. The van der Waals surface area contributed by atoms with E-state index in [2.05, 4.69) is 9.97 Å². The molecular weight excluding hydrogens is 259 g/mol. The third kappa shape index (κ3) is 4.13. The summed E-state index contributed by atoms with van der Waals surface area (Å²) < 4.78 is 13.0. The second kappa shape index (κ2) is 7.14. The van der Waals surface area contributed by atoms with Gasteiger partial charge >= 0.3 is 0 Å². The molecule has 0 aliphatic heterocycles. The number of aromatic amines is 1. The van der Waals surface area contributed by atoms with Crippen LogP contribution in [0.1, 0.15) is 37.9 Å². The molecule has 0 radical (unpaired) electrons. The number of benzene rings is 1. The largest absolute Gasteiger partial charge is 0.389 e. The van der Waals surface area contributed by atoms with Crippen molar-refractivity contribution in [2.24, 2.45) is 0 Å². The van der Waals surface area contributed by atoms with E-state index in [0.717, 1.165) is 49.0 Å². The van der Waals surface area contributed by atoms with Gasteiger partial charge in [0.15, 0.2) is 5.78 Å². The number of H-pyrrole nitrogens is 1. The number of nitrogens with one attached hydrogen (secondary N) is 1. The minimum atomic E-state index is -0.352. The number of fused-ring (bicyclic) bond motifs is 1. The number of carbonyl (C=O) groups excluding carboxylic acids is 1. The van der Waals surface area contributed by atoms with Crippen LogP contribution in [0.2, 0.25) is 0 Å². The Labute approximate surface area is 117 Å². The minimum absolute atomic E-state index is 0.0932. The van der Waals surface area contributed by atoms with Gasteiger partial charge in [-0.2, -0.15) is 0 Å². The van der Waals surface area contributed by atoms with E-state index in [0.29, 0.717) is 6.42 Å². The third-order valence-corrected chi connectivity index (χ3v) is 3.29. The topological polar surface area (TPSA) is 66.0 Å². The van der Waals surface area contributed by atoms with Gasteiger partial charge in [0.1, 0.15) is 18.2 Å². The summed E-state index contributed by atoms with van der Waals surface area (Å²) in [5.41, 5.74) is 1.52. The van der Waals surface area contributed by atoms with E-state index in [4.69, 9.17) is 5.11 Å². The Morgan fingerprint density at radius 3 is 2.85 bits per heavy atom. The molecule has 0 atom stereocenters. The zero-order chi connectivity index (χ0) is 14.4. The first kappa shape index (κ1) is 14.7. The molecule has 2 aromatic rings. The lowest BCUT2D eigenvalue weighted by Gasteiger charge is -1.99. The third-order valence-electron chi connectivity index (χ3n) is 3.29. The molecule has 0 saturated heterocycles. The maximum atomic E-state index is 13.0. The summed E-state index contributed by atoms with van der Waals surface area (Å²) in [6.07, 6.45) is 5.08. The number of Topliss-reactive ketones (excluding diaryl/α,β-unsaturated/α-hetero) is 1. The van der Waals surface area contributed by atoms with Crippen molar-refractivity contribution in [2.75, 3.05) is 6.61 Å². The highest BCUT2D eigenvalue weighted by Gasteiger charge is 2.04. The first-order valence-corrected chi connectivity index (χ1v) is 6.96. The van der Waals surface area contributed by atoms with Crippen LogP contribution in [0, 0.1) is 5.82 Å². The predicted molar refractivity (Wildman–Crippen MR) is 74.9 cm³/mol. The number of nitrogens with zero attached hydrogens (tertiary/aromatic N) is 1. The first-order valence-electron chi connectivity index (χ1n) is 6.96. The van der Waals surface area contributed by atoms with Crippen molar-refractivity contribution in [1.82, 2.24) is 9.97 Å². The van der Waals surface area contributed by atoms with Crippen molar-refractivity contribution >= 4 is 16.8 Å². The van der Waals surface area contributed by atoms with Crippen molar-refractivity contribution < 1.29 is 14.3 Å². The zero-order valence-electron chi connectivity index (χ0n) is 11.4. The summed E-state index contributed by atoms with van der Waals surface area (Å²) in [5.74, 6) is 0.516. The molecule has 1 aromatic heterocycles. The molecule has 5 heteroatoms. The van der Waals surface area contributed by atoms with Crippen LogP contribution in [-0.4, -0.2) is 27.5 Å². The highest BCUT2D eigenvalue weighted by molar-refractivity contribution is 5.79. The van der Waals surface area contributed by atoms with Crippen LogP contribution >= 0.6 is 0 Å². The van der Waals surface area contributed by atoms with E-state index < -0.39 is 0 Å². The van der Waals surface area contributed by atoms with Crippen LogP contribution in [0.3, 0.4) is 0 Å². The van der Waals surface area contributed by atoms with Crippen molar-refractivity contribution in [3.8, 4) is 0 Å². The van der Waals surface area contributed by atoms with Gasteiger partial charge in [-0.3, -0.25) is 4.79 Å². The Balaban J connectivity index is 1.72. The van der Waals surface area contributed by atoms with Crippen LogP contribution in [-0.2, 0) is 11.2 Å². The number of aryl methyl sites for hydroxylation is 1. The van der Waals surface area contributed by atoms with Crippen molar-refractivity contribution in [3.05, 3.63) is 29.8 Å². The highest BCUT2D eigenvalue weighted by Crippen LogP contribution is 2.14. The maximum Gasteiger partial charge on any atom is 0.158 e. The maximum absolute atomic E-state index is 13.0. The van der Waals surface area contributed by atoms with Crippen molar-refractivity contribution in [1.29, 1.82) is 0 Å². The fraction of sp³-hybridized carbons (Fsp3) is 0.467. The summed E-state index contributed by atoms with van der Waals surface area (Å²) >= 11 is 0. The highest BCUT2D eigenvalue weighted by atomic mass is 19.1. The Hall–Kier alpha value is -1.75. The fourth-order valence-electron chi connectivity index (χ4n) is 2.20. The van der Waals surface area contributed by atoms with Crippen LogP contribution in [0.4, 0.5) is 4.39 Å². The molecule has 1 heterocycles. The Morgan fingerprint density at radius 2 is 2.05 bits per heavy atom. The molecule has 0 saturated carbocycles. The van der Waals surface area contributed by atoms with Crippen LogP contribution in [0.5, 0.6) is 0 Å². The molecular formula is C15H19FN2O2. The Morgan fingerprint density at radius 1 is 1.25 bits per heavy atom. The smallest absolute Gasteiger partial charge is 0.158 e. The molecule has 0 fully saturated rings. The van der Waals surface area contributed by atoms with E-state index in [1.807, 2.05) is 0 Å². The average Bonchev–Trinajstić information content (AvgIpc) is 2.84. The Bertz CT molecular complexity index is 580. The Kier molecular flexibility index (Phi) is 5.24. The molecule has 4 nitrogen and oxygen atoms in total. The number of rotatable bonds is 8. The van der Waals surface area contributed by atoms with Crippen LogP contribution in [0.15, 0.2) is 18.2 Å². The van der Waals surface area contributed by atoms with Gasteiger partial charge in [0.2, 0.25) is 0 Å². The lowest BCUT2D eigenvalue weighted by molar-refractivity contribution is -0.121. The second-order valence-corrected chi connectivity index (χ2v) is 4.96. The first-order chi connectivity index (χ1) is 9.69. The van der Waals surface area contributed by atoms with Crippen molar-refractivity contribution in [2.45, 2.75) is 38.5 Å². The molecule has 0 aliphatic carbocycles. The molecule has 2 N–H and O–H groups in total. The second-order valence-electron chi connectivity index (χ2n) is 4.96. The fourth-order valence-corrected chi connectivity index (χ4v) is 2.20. The molecule has 20 heavy (non-hydrogen) atoms. The molecule has 0 spiro atoms. The van der Waals surface area contributed by atoms with Gasteiger partial charge in [-0.25, -0.2) is 9.37 Å².